The molecule has 0 N–H and O–H groups in total. The quantitative estimate of drug-likeness (QED) is 0.534. The lowest BCUT2D eigenvalue weighted by molar-refractivity contribution is 0.0322. The molecule has 0 bridgehead atoms. The molecule has 1 saturated heterocycles. The van der Waals surface area contributed by atoms with Crippen molar-refractivity contribution in [1.82, 2.24) is 4.90 Å². The molecule has 1 heterocycles. The molecule has 2 aromatic carbocycles. The molecule has 0 amide bonds. The highest BCUT2D eigenvalue weighted by atomic mass is 16.5. The largest absolute Gasteiger partial charge is 0.492 e. The number of morpholine rings is 1. The summed E-state index contributed by atoms with van der Waals surface area (Å²) < 4.78 is 11.4. The maximum atomic E-state index is 5.95. The summed E-state index contributed by atoms with van der Waals surface area (Å²) in [5, 5.41) is 0. The smallest absolute Gasteiger partial charge is 0.119 e. The molecule has 172 valence electrons. The second-order valence-corrected chi connectivity index (χ2v) is 10.8. The van der Waals surface area contributed by atoms with Crippen LogP contribution in [0.5, 0.6) is 5.75 Å². The summed E-state index contributed by atoms with van der Waals surface area (Å²) in [6, 6.07) is 15.5. The van der Waals surface area contributed by atoms with Gasteiger partial charge in [-0.25, -0.2) is 0 Å². The van der Waals surface area contributed by atoms with E-state index in [2.05, 4.69) is 81.6 Å². The molecule has 0 aromatic heterocycles. The van der Waals surface area contributed by atoms with Gasteiger partial charge in [0, 0.05) is 19.6 Å². The predicted octanol–water partition coefficient (Wildman–Crippen LogP) is 6.00. The number of benzene rings is 2. The average Bonchev–Trinajstić information content (AvgIpc) is 2.79. The van der Waals surface area contributed by atoms with Gasteiger partial charge in [0.1, 0.15) is 12.4 Å². The molecule has 1 fully saturated rings. The van der Waals surface area contributed by atoms with Crippen molar-refractivity contribution in [2.75, 3.05) is 39.5 Å². The van der Waals surface area contributed by atoms with Crippen LogP contribution in [0.2, 0.25) is 0 Å². The molecule has 2 aliphatic rings. The van der Waals surface area contributed by atoms with Crippen LogP contribution in [0.4, 0.5) is 0 Å². The molecule has 1 aliphatic heterocycles. The van der Waals surface area contributed by atoms with E-state index < -0.39 is 0 Å². The highest BCUT2D eigenvalue weighted by Crippen LogP contribution is 2.46. The van der Waals surface area contributed by atoms with Crippen LogP contribution in [0.25, 0.3) is 5.57 Å². The van der Waals surface area contributed by atoms with E-state index in [0.29, 0.717) is 6.61 Å². The minimum absolute atomic E-state index is 0.224. The highest BCUT2D eigenvalue weighted by Gasteiger charge is 2.36. The van der Waals surface area contributed by atoms with Crippen molar-refractivity contribution < 1.29 is 9.47 Å². The van der Waals surface area contributed by atoms with Crippen LogP contribution in [0, 0.1) is 0 Å². The fourth-order valence-electron chi connectivity index (χ4n) is 4.98. The Balaban J connectivity index is 1.37. The molecular weight excluding hydrogens is 394 g/mol. The van der Waals surface area contributed by atoms with Gasteiger partial charge in [-0.1, -0.05) is 64.6 Å². The Morgan fingerprint density at radius 3 is 2.28 bits per heavy atom. The van der Waals surface area contributed by atoms with Gasteiger partial charge in [-0.15, -0.1) is 0 Å². The number of nitrogens with zero attached hydrogens (tertiary/aromatic N) is 1. The molecule has 0 radical (unpaired) electrons. The molecule has 4 rings (SSSR count). The second kappa shape index (κ2) is 9.41. The fraction of sp³-hybridized carbons (Fsp3) is 0.517. The topological polar surface area (TPSA) is 21.7 Å². The van der Waals surface area contributed by atoms with Crippen molar-refractivity contribution in [3.05, 3.63) is 71.3 Å². The molecule has 1 aliphatic carbocycles. The summed E-state index contributed by atoms with van der Waals surface area (Å²) in [6.07, 6.45) is 3.33. The van der Waals surface area contributed by atoms with Crippen LogP contribution >= 0.6 is 0 Å². The van der Waals surface area contributed by atoms with E-state index in [1.807, 2.05) is 0 Å². The van der Waals surface area contributed by atoms with Gasteiger partial charge in [0.2, 0.25) is 0 Å². The zero-order valence-electron chi connectivity index (χ0n) is 20.4. The Hall–Kier alpha value is -2.10. The van der Waals surface area contributed by atoms with Crippen molar-refractivity contribution in [2.24, 2.45) is 0 Å². The standard InChI is InChI=1S/C29H39NO2/c1-22(24-8-11-26-27(21-24)29(4,5)13-12-28(26,2)3)20-23-6-9-25(10-7-23)32-19-16-30-14-17-31-18-15-30/h6-11,21H,1,12-20H2,2-5H3. The third kappa shape index (κ3) is 5.27. The summed E-state index contributed by atoms with van der Waals surface area (Å²) >= 11 is 0. The molecule has 3 heteroatoms. The summed E-state index contributed by atoms with van der Waals surface area (Å²) in [5.74, 6) is 0.936. The zero-order valence-corrected chi connectivity index (χ0v) is 20.4. The lowest BCUT2D eigenvalue weighted by Gasteiger charge is -2.42. The van der Waals surface area contributed by atoms with Crippen molar-refractivity contribution in [3.8, 4) is 5.75 Å². The Morgan fingerprint density at radius 2 is 1.59 bits per heavy atom. The zero-order chi connectivity index (χ0) is 22.8. The molecule has 0 saturated carbocycles. The van der Waals surface area contributed by atoms with E-state index in [1.54, 1.807) is 0 Å². The summed E-state index contributed by atoms with van der Waals surface area (Å²) in [6.45, 7) is 19.3. The van der Waals surface area contributed by atoms with Crippen LogP contribution in [0.3, 0.4) is 0 Å². The Labute approximate surface area is 194 Å². The van der Waals surface area contributed by atoms with Gasteiger partial charge in [-0.3, -0.25) is 4.90 Å². The van der Waals surface area contributed by atoms with Crippen molar-refractivity contribution in [3.63, 3.8) is 0 Å². The number of hydrogen-bond acceptors (Lipinski definition) is 3. The number of ether oxygens (including phenoxy) is 2. The SMILES string of the molecule is C=C(Cc1ccc(OCCN2CCOCC2)cc1)c1ccc2c(c1)C(C)(C)CCC2(C)C. The molecule has 0 unspecified atom stereocenters. The third-order valence-electron chi connectivity index (χ3n) is 7.38. The summed E-state index contributed by atoms with van der Waals surface area (Å²) in [5.41, 5.74) is 7.19. The van der Waals surface area contributed by atoms with E-state index >= 15 is 0 Å². The number of hydrogen-bond donors (Lipinski definition) is 0. The van der Waals surface area contributed by atoms with E-state index in [0.717, 1.165) is 45.0 Å². The van der Waals surface area contributed by atoms with Gasteiger partial charge in [-0.05, 0) is 70.1 Å². The lowest BCUT2D eigenvalue weighted by atomic mass is 9.63. The Kier molecular flexibility index (Phi) is 6.78. The van der Waals surface area contributed by atoms with E-state index in [-0.39, 0.29) is 10.8 Å². The lowest BCUT2D eigenvalue weighted by Crippen LogP contribution is -2.38. The molecule has 3 nitrogen and oxygen atoms in total. The highest BCUT2D eigenvalue weighted by molar-refractivity contribution is 5.67. The van der Waals surface area contributed by atoms with Gasteiger partial charge < -0.3 is 9.47 Å². The molecule has 0 spiro atoms. The number of rotatable bonds is 7. The van der Waals surface area contributed by atoms with Crippen LogP contribution in [0.15, 0.2) is 49.0 Å². The first kappa shape index (κ1) is 23.1. The summed E-state index contributed by atoms with van der Waals surface area (Å²) in [4.78, 5) is 2.39. The van der Waals surface area contributed by atoms with Gasteiger partial charge >= 0.3 is 0 Å². The molecular formula is C29H39NO2. The Bertz CT molecular complexity index is 936. The van der Waals surface area contributed by atoms with E-state index in [1.165, 1.54) is 40.7 Å². The summed E-state index contributed by atoms with van der Waals surface area (Å²) in [7, 11) is 0. The Morgan fingerprint density at radius 1 is 0.938 bits per heavy atom. The minimum atomic E-state index is 0.224. The monoisotopic (exact) mass is 433 g/mol. The third-order valence-corrected chi connectivity index (χ3v) is 7.38. The predicted molar refractivity (Wildman–Crippen MR) is 134 cm³/mol. The van der Waals surface area contributed by atoms with Gasteiger partial charge in [-0.2, -0.15) is 0 Å². The van der Waals surface area contributed by atoms with Gasteiger partial charge in [0.25, 0.3) is 0 Å². The normalized spacial score (nSPS) is 19.9. The van der Waals surface area contributed by atoms with Crippen LogP contribution in [0.1, 0.15) is 62.8 Å². The van der Waals surface area contributed by atoms with E-state index in [4.69, 9.17) is 9.47 Å². The second-order valence-electron chi connectivity index (χ2n) is 10.8. The van der Waals surface area contributed by atoms with Crippen molar-refractivity contribution in [1.29, 1.82) is 0 Å². The van der Waals surface area contributed by atoms with Crippen molar-refractivity contribution >= 4 is 5.57 Å². The van der Waals surface area contributed by atoms with Crippen LogP contribution in [-0.2, 0) is 22.0 Å². The average molecular weight is 434 g/mol. The van der Waals surface area contributed by atoms with E-state index in [9.17, 15) is 0 Å². The van der Waals surface area contributed by atoms with Crippen molar-refractivity contribution in [2.45, 2.75) is 57.8 Å². The fourth-order valence-corrected chi connectivity index (χ4v) is 4.98. The molecule has 32 heavy (non-hydrogen) atoms. The molecule has 0 atom stereocenters. The first-order chi connectivity index (χ1) is 15.2. The number of fused-ring (bicyclic) bond motifs is 1. The number of allylic oxidation sites excluding steroid dienone is 1. The minimum Gasteiger partial charge on any atom is -0.492 e. The van der Waals surface area contributed by atoms with Gasteiger partial charge in [0.15, 0.2) is 0 Å². The maximum Gasteiger partial charge on any atom is 0.119 e. The molecule has 2 aromatic rings. The maximum absolute atomic E-state index is 5.95. The van der Waals surface area contributed by atoms with Gasteiger partial charge in [0.05, 0.1) is 13.2 Å². The van der Waals surface area contributed by atoms with Crippen LogP contribution in [-0.4, -0.2) is 44.4 Å². The first-order valence-corrected chi connectivity index (χ1v) is 12.1. The van der Waals surface area contributed by atoms with Crippen LogP contribution < -0.4 is 4.74 Å². The first-order valence-electron chi connectivity index (χ1n) is 12.1.